The highest BCUT2D eigenvalue weighted by atomic mass is 15.3. The minimum Gasteiger partial charge on any atom is -0.373 e. The number of hydrogen-bond donors (Lipinski definition) is 1. The van der Waals surface area contributed by atoms with Crippen molar-refractivity contribution in [3.63, 3.8) is 0 Å². The van der Waals surface area contributed by atoms with E-state index in [9.17, 15) is 0 Å². The first-order valence-electron chi connectivity index (χ1n) is 7.75. The van der Waals surface area contributed by atoms with Crippen LogP contribution < -0.4 is 5.32 Å². The van der Waals surface area contributed by atoms with Crippen LogP contribution in [0.15, 0.2) is 36.7 Å². The average molecular weight is 297 g/mol. The topological polar surface area (TPSA) is 47.7 Å². The van der Waals surface area contributed by atoms with Crippen molar-refractivity contribution in [3.8, 4) is 0 Å². The van der Waals surface area contributed by atoms with Gasteiger partial charge in [-0.1, -0.05) is 26.0 Å². The SMILES string of the molecule is CC(C)Cn1cc(NC(C)c2nc3ccccc3n2C)cn1. The summed E-state index contributed by atoms with van der Waals surface area (Å²) in [5.41, 5.74) is 3.21. The number of rotatable bonds is 5. The summed E-state index contributed by atoms with van der Waals surface area (Å²) >= 11 is 0. The number of aromatic nitrogens is 4. The van der Waals surface area contributed by atoms with Gasteiger partial charge in [-0.15, -0.1) is 0 Å². The quantitative estimate of drug-likeness (QED) is 0.782. The Morgan fingerprint density at radius 1 is 1.18 bits per heavy atom. The Labute approximate surface area is 131 Å². The van der Waals surface area contributed by atoms with Gasteiger partial charge in [0, 0.05) is 19.8 Å². The van der Waals surface area contributed by atoms with E-state index in [-0.39, 0.29) is 6.04 Å². The van der Waals surface area contributed by atoms with E-state index in [2.05, 4.69) is 55.1 Å². The fourth-order valence-electron chi connectivity index (χ4n) is 2.78. The summed E-state index contributed by atoms with van der Waals surface area (Å²) in [7, 11) is 2.06. The number of nitrogens with one attached hydrogen (secondary N) is 1. The van der Waals surface area contributed by atoms with E-state index >= 15 is 0 Å². The van der Waals surface area contributed by atoms with Gasteiger partial charge < -0.3 is 9.88 Å². The van der Waals surface area contributed by atoms with E-state index in [4.69, 9.17) is 4.98 Å². The minimum atomic E-state index is 0.120. The Morgan fingerprint density at radius 3 is 2.68 bits per heavy atom. The van der Waals surface area contributed by atoms with Gasteiger partial charge in [0.25, 0.3) is 0 Å². The summed E-state index contributed by atoms with van der Waals surface area (Å²) in [5.74, 6) is 1.61. The molecule has 0 spiro atoms. The fourth-order valence-corrected chi connectivity index (χ4v) is 2.78. The van der Waals surface area contributed by atoms with Crippen molar-refractivity contribution in [2.24, 2.45) is 13.0 Å². The van der Waals surface area contributed by atoms with Crippen LogP contribution in [-0.4, -0.2) is 19.3 Å². The molecule has 0 aliphatic carbocycles. The Hall–Kier alpha value is -2.30. The lowest BCUT2D eigenvalue weighted by Gasteiger charge is -2.13. The van der Waals surface area contributed by atoms with Gasteiger partial charge in [0.15, 0.2) is 0 Å². The molecule has 0 fully saturated rings. The van der Waals surface area contributed by atoms with Gasteiger partial charge in [-0.2, -0.15) is 5.10 Å². The number of benzene rings is 1. The standard InChI is InChI=1S/C17H23N5/c1-12(2)10-22-11-14(9-18-22)19-13(3)17-20-15-7-5-6-8-16(15)21(17)4/h5-9,11-13,19H,10H2,1-4H3. The molecule has 5 nitrogen and oxygen atoms in total. The minimum absolute atomic E-state index is 0.120. The molecule has 0 aliphatic rings. The predicted octanol–water partition coefficient (Wildman–Crippen LogP) is 3.60. The van der Waals surface area contributed by atoms with Crippen molar-refractivity contribution in [1.29, 1.82) is 0 Å². The molecule has 1 unspecified atom stereocenters. The third-order valence-corrected chi connectivity index (χ3v) is 3.78. The average Bonchev–Trinajstić information content (AvgIpc) is 3.04. The lowest BCUT2D eigenvalue weighted by Crippen LogP contribution is -2.11. The number of anilines is 1. The van der Waals surface area contributed by atoms with Crippen LogP contribution in [-0.2, 0) is 13.6 Å². The second-order valence-corrected chi connectivity index (χ2v) is 6.23. The molecule has 22 heavy (non-hydrogen) atoms. The Balaban J connectivity index is 1.79. The molecule has 3 aromatic rings. The maximum Gasteiger partial charge on any atom is 0.131 e. The zero-order valence-electron chi connectivity index (χ0n) is 13.6. The van der Waals surface area contributed by atoms with Crippen LogP contribution >= 0.6 is 0 Å². The van der Waals surface area contributed by atoms with Crippen LogP contribution in [0.1, 0.15) is 32.6 Å². The molecule has 2 heterocycles. The second-order valence-electron chi connectivity index (χ2n) is 6.23. The number of hydrogen-bond acceptors (Lipinski definition) is 3. The van der Waals surface area contributed by atoms with E-state index in [1.165, 1.54) is 0 Å². The number of nitrogens with zero attached hydrogens (tertiary/aromatic N) is 4. The van der Waals surface area contributed by atoms with Gasteiger partial charge >= 0.3 is 0 Å². The Morgan fingerprint density at radius 2 is 1.95 bits per heavy atom. The van der Waals surface area contributed by atoms with Gasteiger partial charge in [0.1, 0.15) is 5.82 Å². The molecular weight excluding hydrogens is 274 g/mol. The van der Waals surface area contributed by atoms with Gasteiger partial charge in [0.05, 0.1) is 29.0 Å². The first-order valence-corrected chi connectivity index (χ1v) is 7.75. The summed E-state index contributed by atoms with van der Waals surface area (Å²) in [6.07, 6.45) is 3.93. The first kappa shape index (κ1) is 14.6. The Kier molecular flexibility index (Phi) is 3.88. The molecule has 0 saturated carbocycles. The highest BCUT2D eigenvalue weighted by molar-refractivity contribution is 5.76. The second kappa shape index (κ2) is 5.83. The van der Waals surface area contributed by atoms with Crippen LogP contribution in [0, 0.1) is 5.92 Å². The number of para-hydroxylation sites is 2. The molecule has 0 amide bonds. The summed E-state index contributed by atoms with van der Waals surface area (Å²) < 4.78 is 4.13. The first-order chi connectivity index (χ1) is 10.5. The third kappa shape index (κ3) is 2.84. The third-order valence-electron chi connectivity index (χ3n) is 3.78. The molecule has 0 saturated heterocycles. The van der Waals surface area contributed by atoms with Crippen LogP contribution in [0.4, 0.5) is 5.69 Å². The fraction of sp³-hybridized carbons (Fsp3) is 0.412. The van der Waals surface area contributed by atoms with Crippen molar-refractivity contribution >= 4 is 16.7 Å². The smallest absolute Gasteiger partial charge is 0.131 e. The van der Waals surface area contributed by atoms with E-state index < -0.39 is 0 Å². The summed E-state index contributed by atoms with van der Waals surface area (Å²) in [6.45, 7) is 7.44. The molecule has 0 bridgehead atoms. The molecule has 1 N–H and O–H groups in total. The molecule has 5 heteroatoms. The lowest BCUT2D eigenvalue weighted by molar-refractivity contribution is 0.483. The number of aryl methyl sites for hydroxylation is 1. The predicted molar refractivity (Wildman–Crippen MR) is 89.8 cm³/mol. The van der Waals surface area contributed by atoms with Crippen molar-refractivity contribution < 1.29 is 0 Å². The monoisotopic (exact) mass is 297 g/mol. The molecule has 0 aliphatic heterocycles. The number of fused-ring (bicyclic) bond motifs is 1. The molecular formula is C17H23N5. The van der Waals surface area contributed by atoms with E-state index in [0.717, 1.165) is 29.1 Å². The zero-order chi connectivity index (χ0) is 15.7. The van der Waals surface area contributed by atoms with Gasteiger partial charge in [-0.25, -0.2) is 4.98 Å². The van der Waals surface area contributed by atoms with Crippen molar-refractivity contribution in [2.75, 3.05) is 5.32 Å². The van der Waals surface area contributed by atoms with Crippen LogP contribution in [0.25, 0.3) is 11.0 Å². The lowest BCUT2D eigenvalue weighted by atomic mass is 10.2. The summed E-state index contributed by atoms with van der Waals surface area (Å²) in [5, 5.41) is 7.88. The van der Waals surface area contributed by atoms with Gasteiger partial charge in [0.2, 0.25) is 0 Å². The van der Waals surface area contributed by atoms with Crippen molar-refractivity contribution in [1.82, 2.24) is 19.3 Å². The zero-order valence-corrected chi connectivity index (χ0v) is 13.6. The normalized spacial score (nSPS) is 13.0. The summed E-state index contributed by atoms with van der Waals surface area (Å²) in [4.78, 5) is 4.74. The summed E-state index contributed by atoms with van der Waals surface area (Å²) in [6, 6.07) is 8.33. The Bertz CT molecular complexity index is 768. The molecule has 116 valence electrons. The van der Waals surface area contributed by atoms with Crippen LogP contribution in [0.5, 0.6) is 0 Å². The maximum absolute atomic E-state index is 4.74. The highest BCUT2D eigenvalue weighted by Crippen LogP contribution is 2.22. The van der Waals surface area contributed by atoms with E-state index in [1.807, 2.05) is 29.1 Å². The molecule has 3 rings (SSSR count). The van der Waals surface area contributed by atoms with Gasteiger partial charge in [-0.05, 0) is 25.0 Å². The molecule has 0 radical (unpaired) electrons. The highest BCUT2D eigenvalue weighted by Gasteiger charge is 2.14. The maximum atomic E-state index is 4.74. The number of imidazole rings is 1. The van der Waals surface area contributed by atoms with E-state index in [0.29, 0.717) is 5.92 Å². The molecule has 2 aromatic heterocycles. The van der Waals surface area contributed by atoms with E-state index in [1.54, 1.807) is 0 Å². The van der Waals surface area contributed by atoms with Crippen LogP contribution in [0.2, 0.25) is 0 Å². The van der Waals surface area contributed by atoms with Crippen molar-refractivity contribution in [3.05, 3.63) is 42.5 Å². The largest absolute Gasteiger partial charge is 0.373 e. The van der Waals surface area contributed by atoms with Crippen molar-refractivity contribution in [2.45, 2.75) is 33.4 Å². The van der Waals surface area contributed by atoms with Gasteiger partial charge in [-0.3, -0.25) is 4.68 Å². The molecule has 1 aromatic carbocycles. The van der Waals surface area contributed by atoms with Crippen LogP contribution in [0.3, 0.4) is 0 Å². The molecule has 1 atom stereocenters.